The van der Waals surface area contributed by atoms with Crippen LogP contribution in [-0.4, -0.2) is 0 Å². The van der Waals surface area contributed by atoms with Crippen LogP contribution in [0.1, 0.15) is 0 Å². The molecule has 1 heterocycles. The highest BCUT2D eigenvalue weighted by Gasteiger charge is 2.19. The first-order chi connectivity index (χ1) is 23.8. The van der Waals surface area contributed by atoms with Crippen LogP contribution in [0.2, 0.25) is 0 Å². The molecule has 0 saturated heterocycles. The number of nitrogens with zero attached hydrogens (tertiary/aromatic N) is 1. The molecular formula is C46H31NS. The Morgan fingerprint density at radius 1 is 0.354 bits per heavy atom. The molecule has 0 amide bonds. The highest BCUT2D eigenvalue weighted by molar-refractivity contribution is 7.25. The number of anilines is 3. The lowest BCUT2D eigenvalue weighted by atomic mass is 9.94. The van der Waals surface area contributed by atoms with Gasteiger partial charge in [0.1, 0.15) is 0 Å². The van der Waals surface area contributed by atoms with Crippen molar-refractivity contribution < 1.29 is 0 Å². The molecular weight excluding hydrogens is 599 g/mol. The summed E-state index contributed by atoms with van der Waals surface area (Å²) < 4.78 is 2.60. The largest absolute Gasteiger partial charge is 0.310 e. The Morgan fingerprint density at radius 2 is 0.896 bits per heavy atom. The molecule has 0 bridgehead atoms. The van der Waals surface area contributed by atoms with Gasteiger partial charge in [-0.2, -0.15) is 0 Å². The molecule has 9 rings (SSSR count). The zero-order valence-corrected chi connectivity index (χ0v) is 27.1. The average molecular weight is 630 g/mol. The van der Waals surface area contributed by atoms with Crippen LogP contribution in [0.5, 0.6) is 0 Å². The molecule has 0 aliphatic rings. The van der Waals surface area contributed by atoms with Gasteiger partial charge in [-0.15, -0.1) is 11.3 Å². The van der Waals surface area contributed by atoms with Gasteiger partial charge in [0.25, 0.3) is 0 Å². The van der Waals surface area contributed by atoms with Gasteiger partial charge in [-0.25, -0.2) is 0 Å². The van der Waals surface area contributed by atoms with E-state index in [4.69, 9.17) is 0 Å². The van der Waals surface area contributed by atoms with Crippen molar-refractivity contribution in [1.82, 2.24) is 0 Å². The van der Waals surface area contributed by atoms with Gasteiger partial charge in [-0.1, -0.05) is 152 Å². The number of rotatable bonds is 6. The number of hydrogen-bond acceptors (Lipinski definition) is 2. The molecule has 0 atom stereocenters. The molecule has 9 aromatic rings. The van der Waals surface area contributed by atoms with Crippen LogP contribution >= 0.6 is 11.3 Å². The van der Waals surface area contributed by atoms with Crippen molar-refractivity contribution >= 4 is 59.3 Å². The summed E-state index contributed by atoms with van der Waals surface area (Å²) in [4.78, 5) is 2.43. The Balaban J connectivity index is 1.24. The molecule has 226 valence electrons. The molecule has 0 fully saturated rings. The van der Waals surface area contributed by atoms with Crippen molar-refractivity contribution in [2.24, 2.45) is 0 Å². The summed E-state index contributed by atoms with van der Waals surface area (Å²) in [6.45, 7) is 0. The van der Waals surface area contributed by atoms with Crippen LogP contribution in [0.4, 0.5) is 17.1 Å². The second-order valence-electron chi connectivity index (χ2n) is 12.2. The minimum Gasteiger partial charge on any atom is -0.310 e. The van der Waals surface area contributed by atoms with E-state index in [9.17, 15) is 0 Å². The van der Waals surface area contributed by atoms with Gasteiger partial charge in [0, 0.05) is 36.9 Å². The fraction of sp³-hybridized carbons (Fsp3) is 0. The Labute approximate surface area is 284 Å². The minimum absolute atomic E-state index is 1.12. The lowest BCUT2D eigenvalue weighted by molar-refractivity contribution is 1.30. The fourth-order valence-corrected chi connectivity index (χ4v) is 8.07. The van der Waals surface area contributed by atoms with E-state index >= 15 is 0 Å². The minimum atomic E-state index is 1.12. The number of thiophene rings is 1. The Kier molecular flexibility index (Phi) is 7.07. The second kappa shape index (κ2) is 12.0. The van der Waals surface area contributed by atoms with E-state index in [2.05, 4.69) is 193 Å². The fourth-order valence-electron chi connectivity index (χ4n) is 6.94. The first-order valence-corrected chi connectivity index (χ1v) is 17.2. The topological polar surface area (TPSA) is 3.24 Å². The highest BCUT2D eigenvalue weighted by Crippen LogP contribution is 2.45. The first kappa shape index (κ1) is 28.3. The molecule has 0 radical (unpaired) electrons. The Hall–Kier alpha value is -5.96. The molecule has 2 heteroatoms. The molecule has 1 nitrogen and oxygen atoms in total. The second-order valence-corrected chi connectivity index (χ2v) is 13.2. The summed E-state index contributed by atoms with van der Waals surface area (Å²) in [6, 6.07) is 68.2. The smallest absolute Gasteiger partial charge is 0.0546 e. The highest BCUT2D eigenvalue weighted by atomic mass is 32.1. The maximum Gasteiger partial charge on any atom is 0.0546 e. The van der Waals surface area contributed by atoms with Crippen LogP contribution < -0.4 is 4.90 Å². The summed E-state index contributed by atoms with van der Waals surface area (Å²) in [7, 11) is 0. The number of hydrogen-bond donors (Lipinski definition) is 0. The van der Waals surface area contributed by atoms with E-state index in [0.29, 0.717) is 0 Å². The lowest BCUT2D eigenvalue weighted by Gasteiger charge is -2.28. The van der Waals surface area contributed by atoms with Crippen molar-refractivity contribution in [3.8, 4) is 33.4 Å². The van der Waals surface area contributed by atoms with E-state index in [1.807, 2.05) is 11.3 Å². The predicted molar refractivity (Wildman–Crippen MR) is 208 cm³/mol. The van der Waals surface area contributed by atoms with Crippen molar-refractivity contribution in [2.75, 3.05) is 4.90 Å². The SMILES string of the molecule is c1ccc(-c2ccc(-c3cccc4cccc(N(c5ccc(-c6ccccc6)cc5)c5ccc6c(c5)sc5ccccc56)c34)cc2)cc1. The lowest BCUT2D eigenvalue weighted by Crippen LogP contribution is -2.10. The van der Waals surface area contributed by atoms with Gasteiger partial charge in [-0.3, -0.25) is 0 Å². The average Bonchev–Trinajstić information content (AvgIpc) is 3.54. The quantitative estimate of drug-likeness (QED) is 0.177. The third-order valence-corrected chi connectivity index (χ3v) is 10.4. The van der Waals surface area contributed by atoms with Crippen LogP contribution in [-0.2, 0) is 0 Å². The molecule has 0 unspecified atom stereocenters. The van der Waals surface area contributed by atoms with Crippen LogP contribution in [0, 0.1) is 0 Å². The van der Waals surface area contributed by atoms with Crippen molar-refractivity contribution in [1.29, 1.82) is 0 Å². The number of benzene rings is 8. The standard InChI is InChI=1S/C46H31NS/c1-3-11-32(12-4-1)34-21-23-36(24-22-34)40-18-9-15-37-16-10-19-43(46(37)40)47(38-27-25-35(26-28-38)33-13-5-2-6-14-33)39-29-30-42-41-17-7-8-20-44(41)48-45(42)31-39/h1-31H. The van der Waals surface area contributed by atoms with Gasteiger partial charge in [0.2, 0.25) is 0 Å². The van der Waals surface area contributed by atoms with Gasteiger partial charge in [0.15, 0.2) is 0 Å². The Morgan fingerprint density at radius 3 is 1.60 bits per heavy atom. The molecule has 0 aliphatic heterocycles. The monoisotopic (exact) mass is 629 g/mol. The summed E-state index contributed by atoms with van der Waals surface area (Å²) in [5.74, 6) is 0. The predicted octanol–water partition coefficient (Wildman–Crippen LogP) is 13.7. The molecule has 8 aromatic carbocycles. The molecule has 0 N–H and O–H groups in total. The summed E-state index contributed by atoms with van der Waals surface area (Å²) >= 11 is 1.86. The Bertz CT molecular complexity index is 2530. The van der Waals surface area contributed by atoms with Crippen LogP contribution in [0.25, 0.3) is 64.3 Å². The summed E-state index contributed by atoms with van der Waals surface area (Å²) in [5.41, 5.74) is 10.7. The van der Waals surface area contributed by atoms with Gasteiger partial charge < -0.3 is 4.90 Å². The zero-order chi connectivity index (χ0) is 31.9. The van der Waals surface area contributed by atoms with E-state index in [1.54, 1.807) is 0 Å². The van der Waals surface area contributed by atoms with Crippen molar-refractivity contribution in [3.63, 3.8) is 0 Å². The molecule has 0 saturated carbocycles. The number of fused-ring (bicyclic) bond motifs is 4. The van der Waals surface area contributed by atoms with Crippen molar-refractivity contribution in [3.05, 3.63) is 188 Å². The van der Waals surface area contributed by atoms with E-state index in [0.717, 1.165) is 17.1 Å². The first-order valence-electron chi connectivity index (χ1n) is 16.3. The third-order valence-electron chi connectivity index (χ3n) is 9.28. The normalized spacial score (nSPS) is 11.3. The van der Waals surface area contributed by atoms with E-state index in [1.165, 1.54) is 64.3 Å². The van der Waals surface area contributed by atoms with Gasteiger partial charge in [-0.05, 0) is 75.2 Å². The molecule has 1 aromatic heterocycles. The maximum atomic E-state index is 2.43. The molecule has 0 spiro atoms. The van der Waals surface area contributed by atoms with Gasteiger partial charge >= 0.3 is 0 Å². The van der Waals surface area contributed by atoms with Gasteiger partial charge in [0.05, 0.1) is 5.69 Å². The summed E-state index contributed by atoms with van der Waals surface area (Å²) in [6.07, 6.45) is 0. The van der Waals surface area contributed by atoms with Crippen LogP contribution in [0.15, 0.2) is 188 Å². The van der Waals surface area contributed by atoms with Crippen molar-refractivity contribution in [2.45, 2.75) is 0 Å². The van der Waals surface area contributed by atoms with E-state index in [-0.39, 0.29) is 0 Å². The van der Waals surface area contributed by atoms with Crippen LogP contribution in [0.3, 0.4) is 0 Å². The van der Waals surface area contributed by atoms with E-state index < -0.39 is 0 Å². The molecule has 0 aliphatic carbocycles. The maximum absolute atomic E-state index is 2.43. The summed E-state index contributed by atoms with van der Waals surface area (Å²) in [5, 5.41) is 5.06. The zero-order valence-electron chi connectivity index (χ0n) is 26.3. The third kappa shape index (κ3) is 5.04. The molecule has 48 heavy (non-hydrogen) atoms.